The van der Waals surface area contributed by atoms with Crippen LogP contribution in [0.5, 0.6) is 5.75 Å². The number of nitriles is 1. The van der Waals surface area contributed by atoms with Gasteiger partial charge in [-0.25, -0.2) is 0 Å². The van der Waals surface area contributed by atoms with E-state index in [9.17, 15) is 4.79 Å². The van der Waals surface area contributed by atoms with Gasteiger partial charge in [-0.3, -0.25) is 4.79 Å². The van der Waals surface area contributed by atoms with Gasteiger partial charge in [-0.1, -0.05) is 12.1 Å². The van der Waals surface area contributed by atoms with Gasteiger partial charge >= 0.3 is 0 Å². The fourth-order valence-corrected chi connectivity index (χ4v) is 2.11. The van der Waals surface area contributed by atoms with Gasteiger partial charge in [0.15, 0.2) is 0 Å². The summed E-state index contributed by atoms with van der Waals surface area (Å²) in [4.78, 5) is 14.7. The Hall–Kier alpha value is -2.48. The highest BCUT2D eigenvalue weighted by Crippen LogP contribution is 2.28. The maximum Gasteiger partial charge on any atom is 0.237 e. The maximum absolute atomic E-state index is 11.6. The van der Waals surface area contributed by atoms with Crippen LogP contribution in [-0.2, 0) is 11.2 Å². The number of aromatic amines is 1. The molecule has 0 fully saturated rings. The number of hydrogen-bond donors (Lipinski definition) is 2. The van der Waals surface area contributed by atoms with Crippen LogP contribution >= 0.6 is 0 Å². The van der Waals surface area contributed by atoms with Crippen LogP contribution in [0.4, 0.5) is 0 Å². The normalized spacial score (nSPS) is 11.8. The number of nitrogens with one attached hydrogen (secondary N) is 2. The van der Waals surface area contributed by atoms with E-state index in [0.29, 0.717) is 6.42 Å². The number of carbonyl (C=O) groups excluding carboxylic acids is 1. The van der Waals surface area contributed by atoms with E-state index in [1.807, 2.05) is 30.5 Å². The summed E-state index contributed by atoms with van der Waals surface area (Å²) in [5.41, 5.74) is 1.82. The van der Waals surface area contributed by atoms with Crippen molar-refractivity contribution in [2.24, 2.45) is 5.92 Å². The van der Waals surface area contributed by atoms with Crippen molar-refractivity contribution in [2.75, 3.05) is 14.2 Å². The lowest BCUT2D eigenvalue weighted by Gasteiger charge is -2.07. The van der Waals surface area contributed by atoms with E-state index < -0.39 is 5.92 Å². The number of carbonyl (C=O) groups is 1. The van der Waals surface area contributed by atoms with E-state index in [2.05, 4.69) is 10.3 Å². The molecule has 5 heteroatoms. The molecule has 5 nitrogen and oxygen atoms in total. The van der Waals surface area contributed by atoms with E-state index in [-0.39, 0.29) is 5.91 Å². The lowest BCUT2D eigenvalue weighted by molar-refractivity contribution is -0.122. The third-order valence-corrected chi connectivity index (χ3v) is 3.13. The smallest absolute Gasteiger partial charge is 0.237 e. The molecule has 2 rings (SSSR count). The van der Waals surface area contributed by atoms with Crippen molar-refractivity contribution >= 4 is 16.8 Å². The molecule has 2 N–H and O–H groups in total. The summed E-state index contributed by atoms with van der Waals surface area (Å²) in [6, 6.07) is 7.73. The fraction of sp³-hybridized carbons (Fsp3) is 0.286. The molecule has 1 aromatic carbocycles. The number of aromatic nitrogens is 1. The molecule has 1 heterocycles. The zero-order valence-electron chi connectivity index (χ0n) is 10.9. The number of fused-ring (bicyclic) bond motifs is 1. The fourth-order valence-electron chi connectivity index (χ4n) is 2.11. The van der Waals surface area contributed by atoms with Gasteiger partial charge in [0.05, 0.1) is 18.7 Å². The molecule has 0 aliphatic heterocycles. The first-order valence-electron chi connectivity index (χ1n) is 5.95. The molecule has 0 spiro atoms. The second kappa shape index (κ2) is 5.44. The average molecular weight is 257 g/mol. The molecule has 0 bridgehead atoms. The molecule has 0 aliphatic rings. The van der Waals surface area contributed by atoms with Crippen molar-refractivity contribution in [1.29, 1.82) is 5.26 Å². The zero-order chi connectivity index (χ0) is 13.8. The van der Waals surface area contributed by atoms with Crippen LogP contribution in [0.15, 0.2) is 24.4 Å². The third-order valence-electron chi connectivity index (χ3n) is 3.13. The molecular formula is C14H15N3O2. The number of para-hydroxylation sites is 1. The molecule has 1 aromatic heterocycles. The summed E-state index contributed by atoms with van der Waals surface area (Å²) in [5.74, 6) is -0.202. The number of ether oxygens (including phenoxy) is 1. The van der Waals surface area contributed by atoms with E-state index in [1.54, 1.807) is 7.11 Å². The number of methoxy groups -OCH3 is 1. The Morgan fingerprint density at radius 3 is 3.00 bits per heavy atom. The minimum Gasteiger partial charge on any atom is -0.495 e. The van der Waals surface area contributed by atoms with Gasteiger partial charge in [0.1, 0.15) is 11.7 Å². The Morgan fingerprint density at radius 1 is 1.58 bits per heavy atom. The molecule has 0 saturated carbocycles. The first-order valence-corrected chi connectivity index (χ1v) is 5.95. The summed E-state index contributed by atoms with van der Waals surface area (Å²) in [6.07, 6.45) is 2.20. The van der Waals surface area contributed by atoms with Gasteiger partial charge in [0.2, 0.25) is 5.91 Å². The topological polar surface area (TPSA) is 77.9 Å². The molecule has 0 aliphatic carbocycles. The highest BCUT2D eigenvalue weighted by Gasteiger charge is 2.19. The van der Waals surface area contributed by atoms with Crippen LogP contribution in [0.2, 0.25) is 0 Å². The van der Waals surface area contributed by atoms with E-state index in [4.69, 9.17) is 10.00 Å². The first kappa shape index (κ1) is 13.0. The maximum atomic E-state index is 11.6. The van der Waals surface area contributed by atoms with Crippen molar-refractivity contribution in [3.05, 3.63) is 30.0 Å². The monoisotopic (exact) mass is 257 g/mol. The summed E-state index contributed by atoms with van der Waals surface area (Å²) in [6.45, 7) is 0. The van der Waals surface area contributed by atoms with Crippen LogP contribution in [0, 0.1) is 17.2 Å². The molecular weight excluding hydrogens is 242 g/mol. The number of benzene rings is 1. The lowest BCUT2D eigenvalue weighted by atomic mass is 9.99. The Labute approximate surface area is 111 Å². The van der Waals surface area contributed by atoms with Gasteiger partial charge < -0.3 is 15.0 Å². The number of nitrogens with zero attached hydrogens (tertiary/aromatic N) is 1. The minimum absolute atomic E-state index is 0.264. The second-order valence-corrected chi connectivity index (χ2v) is 4.20. The quantitative estimate of drug-likeness (QED) is 0.873. The molecule has 1 atom stereocenters. The largest absolute Gasteiger partial charge is 0.495 e. The van der Waals surface area contributed by atoms with Gasteiger partial charge in [-0.05, 0) is 18.1 Å². The van der Waals surface area contributed by atoms with Crippen LogP contribution in [0.3, 0.4) is 0 Å². The Bertz CT molecular complexity index is 640. The molecule has 1 amide bonds. The van der Waals surface area contributed by atoms with E-state index >= 15 is 0 Å². The third kappa shape index (κ3) is 2.38. The predicted octanol–water partition coefficient (Wildman–Crippen LogP) is 1.60. The summed E-state index contributed by atoms with van der Waals surface area (Å²) in [7, 11) is 3.14. The van der Waals surface area contributed by atoms with Crippen molar-refractivity contribution in [3.8, 4) is 11.8 Å². The molecule has 98 valence electrons. The van der Waals surface area contributed by atoms with Crippen LogP contribution in [0.25, 0.3) is 10.9 Å². The minimum atomic E-state index is -0.685. The Balaban J connectivity index is 2.37. The summed E-state index contributed by atoms with van der Waals surface area (Å²) < 4.78 is 5.27. The van der Waals surface area contributed by atoms with Crippen LogP contribution in [0.1, 0.15) is 5.56 Å². The van der Waals surface area contributed by atoms with Gasteiger partial charge in [0, 0.05) is 18.6 Å². The number of hydrogen-bond acceptors (Lipinski definition) is 3. The van der Waals surface area contributed by atoms with E-state index in [1.165, 1.54) is 7.05 Å². The second-order valence-electron chi connectivity index (χ2n) is 4.20. The molecule has 19 heavy (non-hydrogen) atoms. The lowest BCUT2D eigenvalue weighted by Crippen LogP contribution is -2.27. The highest BCUT2D eigenvalue weighted by molar-refractivity contribution is 5.89. The molecule has 2 aromatic rings. The van der Waals surface area contributed by atoms with Crippen LogP contribution in [-0.4, -0.2) is 25.0 Å². The van der Waals surface area contributed by atoms with Crippen molar-refractivity contribution in [3.63, 3.8) is 0 Å². The van der Waals surface area contributed by atoms with E-state index in [0.717, 1.165) is 22.2 Å². The number of H-pyrrole nitrogens is 1. The predicted molar refractivity (Wildman–Crippen MR) is 71.7 cm³/mol. The molecule has 0 radical (unpaired) electrons. The molecule has 0 saturated heterocycles. The standard InChI is InChI=1S/C14H15N3O2/c1-16-14(18)9(7-15)6-10-8-17-13-11(10)4-3-5-12(13)19-2/h3-5,8-9,17H,6H2,1-2H3,(H,16,18)/t9-/m1/s1. The number of rotatable bonds is 4. The highest BCUT2D eigenvalue weighted by atomic mass is 16.5. The Morgan fingerprint density at radius 2 is 2.37 bits per heavy atom. The van der Waals surface area contributed by atoms with Gasteiger partial charge in [-0.15, -0.1) is 0 Å². The zero-order valence-corrected chi connectivity index (χ0v) is 10.9. The van der Waals surface area contributed by atoms with Crippen LogP contribution < -0.4 is 10.1 Å². The SMILES string of the molecule is CNC(=O)[C@@H](C#N)Cc1c[nH]c2c(OC)cccc12. The number of amides is 1. The van der Waals surface area contributed by atoms with Gasteiger partial charge in [0.25, 0.3) is 0 Å². The van der Waals surface area contributed by atoms with Crippen molar-refractivity contribution in [1.82, 2.24) is 10.3 Å². The first-order chi connectivity index (χ1) is 9.21. The summed E-state index contributed by atoms with van der Waals surface area (Å²) >= 11 is 0. The average Bonchev–Trinajstić information content (AvgIpc) is 2.86. The van der Waals surface area contributed by atoms with Crippen molar-refractivity contribution in [2.45, 2.75) is 6.42 Å². The van der Waals surface area contributed by atoms with Gasteiger partial charge in [-0.2, -0.15) is 5.26 Å². The Kier molecular flexibility index (Phi) is 3.71. The summed E-state index contributed by atoms with van der Waals surface area (Å²) in [5, 5.41) is 12.5. The van der Waals surface area contributed by atoms with Crippen molar-refractivity contribution < 1.29 is 9.53 Å². The molecule has 0 unspecified atom stereocenters.